The van der Waals surface area contributed by atoms with Crippen LogP contribution in [0.2, 0.25) is 0 Å². The van der Waals surface area contributed by atoms with E-state index < -0.39 is 0 Å². The molecule has 2 aromatic carbocycles. The Bertz CT molecular complexity index is 950. The van der Waals surface area contributed by atoms with Crippen molar-refractivity contribution in [2.24, 2.45) is 0 Å². The third kappa shape index (κ3) is 6.99. The molecule has 1 heterocycles. The van der Waals surface area contributed by atoms with E-state index in [-0.39, 0.29) is 11.5 Å². The monoisotopic (exact) mass is 454 g/mol. The maximum atomic E-state index is 12.7. The number of ketones is 1. The summed E-state index contributed by atoms with van der Waals surface area (Å²) in [4.78, 5) is 12.7. The Morgan fingerprint density at radius 1 is 0.848 bits per heavy atom. The molecule has 1 aliphatic rings. The molecule has 0 aliphatic carbocycles. The van der Waals surface area contributed by atoms with E-state index in [2.05, 4.69) is 0 Å². The molecular weight excluding hydrogens is 420 g/mol. The van der Waals surface area contributed by atoms with Crippen molar-refractivity contribution in [3.8, 4) is 23.0 Å². The van der Waals surface area contributed by atoms with E-state index in [4.69, 9.17) is 24.1 Å². The van der Waals surface area contributed by atoms with Crippen LogP contribution in [-0.2, 0) is 0 Å². The van der Waals surface area contributed by atoms with Crippen LogP contribution >= 0.6 is 0 Å². The summed E-state index contributed by atoms with van der Waals surface area (Å²) in [5.41, 5.74) is 1.32. The zero-order valence-corrected chi connectivity index (χ0v) is 19.6. The molecule has 2 aromatic rings. The van der Waals surface area contributed by atoms with E-state index in [1.165, 1.54) is 25.7 Å². The summed E-state index contributed by atoms with van der Waals surface area (Å²) in [7, 11) is 3.16. The van der Waals surface area contributed by atoms with Crippen molar-refractivity contribution in [1.82, 2.24) is 0 Å². The molecular formula is C27H34O6. The van der Waals surface area contributed by atoms with Gasteiger partial charge in [-0.15, -0.1) is 0 Å². The van der Waals surface area contributed by atoms with E-state index >= 15 is 0 Å². The molecule has 178 valence electrons. The van der Waals surface area contributed by atoms with Crippen LogP contribution in [-0.4, -0.2) is 38.3 Å². The van der Waals surface area contributed by atoms with Crippen molar-refractivity contribution in [2.45, 2.75) is 51.4 Å². The number of hydrogen-bond donors (Lipinski definition) is 1. The van der Waals surface area contributed by atoms with Crippen molar-refractivity contribution in [2.75, 3.05) is 27.4 Å². The second kappa shape index (κ2) is 12.9. The highest BCUT2D eigenvalue weighted by Gasteiger charge is 2.27. The number of carbonyl (C=O) groups excluding carboxylic acids is 1. The fourth-order valence-electron chi connectivity index (χ4n) is 3.82. The Balaban J connectivity index is 1.48. The van der Waals surface area contributed by atoms with Crippen LogP contribution in [0.3, 0.4) is 0 Å². The Morgan fingerprint density at radius 2 is 1.55 bits per heavy atom. The standard InChI is InChI=1S/C27H34O6/c1-30-23-14-11-20(17-25(23)31-2)18-26-27(29)22-13-12-21(19-24(22)33-26)32-16-10-8-6-4-3-5-7-9-15-28/h11-14,17-19,28H,3-10,15-16H2,1-2H3/b26-18-. The van der Waals surface area contributed by atoms with Crippen LogP contribution in [0.1, 0.15) is 67.3 Å². The smallest absolute Gasteiger partial charge is 0.231 e. The van der Waals surface area contributed by atoms with Gasteiger partial charge in [0.15, 0.2) is 17.3 Å². The fourth-order valence-corrected chi connectivity index (χ4v) is 3.82. The number of rotatable bonds is 14. The topological polar surface area (TPSA) is 74.2 Å². The first-order chi connectivity index (χ1) is 16.2. The molecule has 0 bridgehead atoms. The Hall–Kier alpha value is -2.99. The molecule has 6 nitrogen and oxygen atoms in total. The van der Waals surface area contributed by atoms with Crippen molar-refractivity contribution in [1.29, 1.82) is 0 Å². The number of ether oxygens (including phenoxy) is 4. The summed E-state index contributed by atoms with van der Waals surface area (Å²) in [6.07, 6.45) is 10.7. The highest BCUT2D eigenvalue weighted by molar-refractivity contribution is 6.14. The van der Waals surface area contributed by atoms with Gasteiger partial charge in [0, 0.05) is 12.7 Å². The lowest BCUT2D eigenvalue weighted by molar-refractivity contribution is 0.101. The van der Waals surface area contributed by atoms with Gasteiger partial charge in [-0.2, -0.15) is 0 Å². The van der Waals surface area contributed by atoms with Gasteiger partial charge in [0.2, 0.25) is 5.78 Å². The third-order valence-corrected chi connectivity index (χ3v) is 5.67. The lowest BCUT2D eigenvalue weighted by Gasteiger charge is -2.08. The van der Waals surface area contributed by atoms with Gasteiger partial charge in [0.25, 0.3) is 0 Å². The summed E-state index contributed by atoms with van der Waals surface area (Å²) in [5.74, 6) is 2.57. The van der Waals surface area contributed by atoms with Gasteiger partial charge in [-0.25, -0.2) is 0 Å². The summed E-state index contributed by atoms with van der Waals surface area (Å²) < 4.78 is 22.3. The number of hydrogen-bond acceptors (Lipinski definition) is 6. The largest absolute Gasteiger partial charge is 0.493 e. The van der Waals surface area contributed by atoms with E-state index in [0.717, 1.165) is 31.2 Å². The first-order valence-corrected chi connectivity index (χ1v) is 11.7. The highest BCUT2D eigenvalue weighted by Crippen LogP contribution is 2.36. The number of aliphatic hydroxyl groups is 1. The molecule has 33 heavy (non-hydrogen) atoms. The molecule has 1 aliphatic heterocycles. The molecule has 6 heteroatoms. The summed E-state index contributed by atoms with van der Waals surface area (Å²) in [6, 6.07) is 10.8. The predicted molar refractivity (Wildman–Crippen MR) is 128 cm³/mol. The Kier molecular flexibility index (Phi) is 9.63. The predicted octanol–water partition coefficient (Wildman–Crippen LogP) is 5.81. The number of Topliss-reactive ketones (excluding diaryl/α,β-unsaturated/α-hetero) is 1. The molecule has 1 N–H and O–H groups in total. The average Bonchev–Trinajstić information content (AvgIpc) is 3.14. The van der Waals surface area contributed by atoms with Gasteiger partial charge in [-0.1, -0.05) is 44.6 Å². The maximum Gasteiger partial charge on any atom is 0.231 e. The molecule has 0 unspecified atom stereocenters. The normalized spacial score (nSPS) is 13.7. The lowest BCUT2D eigenvalue weighted by Crippen LogP contribution is -1.98. The lowest BCUT2D eigenvalue weighted by atomic mass is 10.1. The number of fused-ring (bicyclic) bond motifs is 1. The molecule has 0 radical (unpaired) electrons. The maximum absolute atomic E-state index is 12.7. The van der Waals surface area contributed by atoms with E-state index in [1.807, 2.05) is 12.1 Å². The van der Waals surface area contributed by atoms with Crippen LogP contribution < -0.4 is 18.9 Å². The quantitative estimate of drug-likeness (QED) is 0.287. The minimum Gasteiger partial charge on any atom is -0.493 e. The molecule has 0 atom stereocenters. The van der Waals surface area contributed by atoms with Crippen LogP contribution in [0.4, 0.5) is 0 Å². The molecule has 0 spiro atoms. The molecule has 3 rings (SSSR count). The Morgan fingerprint density at radius 3 is 2.24 bits per heavy atom. The molecule has 0 aromatic heterocycles. The third-order valence-electron chi connectivity index (χ3n) is 5.67. The van der Waals surface area contributed by atoms with Gasteiger partial charge in [-0.05, 0) is 48.7 Å². The van der Waals surface area contributed by atoms with Crippen molar-refractivity contribution >= 4 is 11.9 Å². The minimum absolute atomic E-state index is 0.148. The number of carbonyl (C=O) groups is 1. The Labute approximate surface area is 196 Å². The summed E-state index contributed by atoms with van der Waals surface area (Å²) in [5, 5.41) is 8.78. The van der Waals surface area contributed by atoms with Gasteiger partial charge in [0.05, 0.1) is 26.4 Å². The van der Waals surface area contributed by atoms with Crippen molar-refractivity contribution < 1.29 is 28.8 Å². The first-order valence-electron chi connectivity index (χ1n) is 11.7. The number of allylic oxidation sites excluding steroid dienone is 1. The average molecular weight is 455 g/mol. The summed E-state index contributed by atoms with van der Waals surface area (Å²) >= 11 is 0. The number of benzene rings is 2. The van der Waals surface area contributed by atoms with Gasteiger partial charge < -0.3 is 24.1 Å². The number of aliphatic hydroxyl groups excluding tert-OH is 1. The SMILES string of the molecule is COc1ccc(/C=C2\Oc3cc(OCCCCCCCCCCO)ccc3C2=O)cc1OC. The van der Waals surface area contributed by atoms with Crippen LogP contribution in [0.25, 0.3) is 6.08 Å². The number of methoxy groups -OCH3 is 2. The van der Waals surface area contributed by atoms with Crippen molar-refractivity contribution in [3.05, 3.63) is 53.3 Å². The summed E-state index contributed by atoms with van der Waals surface area (Å²) in [6.45, 7) is 0.945. The van der Waals surface area contributed by atoms with E-state index in [9.17, 15) is 4.79 Å². The molecule has 0 fully saturated rings. The van der Waals surface area contributed by atoms with E-state index in [1.54, 1.807) is 44.6 Å². The zero-order chi connectivity index (χ0) is 23.5. The minimum atomic E-state index is -0.148. The van der Waals surface area contributed by atoms with Gasteiger partial charge in [0.1, 0.15) is 11.5 Å². The van der Waals surface area contributed by atoms with Crippen LogP contribution in [0.5, 0.6) is 23.0 Å². The second-order valence-corrected chi connectivity index (χ2v) is 8.11. The fraction of sp³-hybridized carbons (Fsp3) is 0.444. The van der Waals surface area contributed by atoms with Gasteiger partial charge >= 0.3 is 0 Å². The molecule has 0 amide bonds. The molecule has 0 saturated carbocycles. The molecule has 0 saturated heterocycles. The van der Waals surface area contributed by atoms with Gasteiger partial charge in [-0.3, -0.25) is 4.79 Å². The van der Waals surface area contributed by atoms with Crippen LogP contribution in [0.15, 0.2) is 42.2 Å². The first kappa shape index (κ1) is 24.6. The van der Waals surface area contributed by atoms with Crippen molar-refractivity contribution in [3.63, 3.8) is 0 Å². The zero-order valence-electron chi connectivity index (χ0n) is 19.6. The second-order valence-electron chi connectivity index (χ2n) is 8.11. The highest BCUT2D eigenvalue weighted by atomic mass is 16.5. The van der Waals surface area contributed by atoms with Crippen LogP contribution in [0, 0.1) is 0 Å². The van der Waals surface area contributed by atoms with E-state index in [0.29, 0.717) is 41.8 Å². The number of unbranched alkanes of at least 4 members (excludes halogenated alkanes) is 7.